The molecule has 1 aliphatic rings. The van der Waals surface area contributed by atoms with Crippen LogP contribution in [0.25, 0.3) is 5.70 Å². The Morgan fingerprint density at radius 1 is 1.18 bits per heavy atom. The molecule has 1 atom stereocenters. The summed E-state index contributed by atoms with van der Waals surface area (Å²) in [7, 11) is 0. The second kappa shape index (κ2) is 7.30. The number of aromatic nitrogens is 3. The Morgan fingerprint density at radius 2 is 1.82 bits per heavy atom. The van der Waals surface area contributed by atoms with Crippen LogP contribution in [0, 0.1) is 6.92 Å². The number of hydrogen-bond donors (Lipinski definition) is 0. The number of fused-ring (bicyclic) bond motifs is 1. The highest BCUT2D eigenvalue weighted by atomic mass is 19.3. The first-order valence-corrected chi connectivity index (χ1v) is 9.18. The van der Waals surface area contributed by atoms with Crippen molar-refractivity contribution in [2.75, 3.05) is 6.54 Å². The Kier molecular flexibility index (Phi) is 5.19. The van der Waals surface area contributed by atoms with E-state index in [1.54, 1.807) is 6.92 Å². The van der Waals surface area contributed by atoms with Crippen molar-refractivity contribution in [3.63, 3.8) is 0 Å². The molecule has 148 valence electrons. The normalized spacial score (nSPS) is 17.4. The highest BCUT2D eigenvalue weighted by molar-refractivity contribution is 5.96. The van der Waals surface area contributed by atoms with Crippen molar-refractivity contribution >= 4 is 11.4 Å². The number of alkyl halides is 2. The first kappa shape index (κ1) is 19.9. The molecule has 1 aliphatic heterocycles. The van der Waals surface area contributed by atoms with E-state index in [0.717, 1.165) is 24.0 Å². The summed E-state index contributed by atoms with van der Waals surface area (Å²) in [6.45, 7) is 15.5. The molecule has 0 fully saturated rings. The zero-order valence-corrected chi connectivity index (χ0v) is 16.7. The third kappa shape index (κ3) is 3.74. The molecule has 0 aliphatic carbocycles. The lowest BCUT2D eigenvalue weighted by Gasteiger charge is -2.36. The largest absolute Gasteiger partial charge is 0.360 e. The van der Waals surface area contributed by atoms with E-state index in [1.165, 1.54) is 5.56 Å². The molecule has 1 aromatic heterocycles. The highest BCUT2D eigenvalue weighted by Crippen LogP contribution is 2.32. The fourth-order valence-corrected chi connectivity index (χ4v) is 3.28. The lowest BCUT2D eigenvalue weighted by atomic mass is 10.1. The lowest BCUT2D eigenvalue weighted by molar-refractivity contribution is 0.0627. The van der Waals surface area contributed by atoms with Crippen molar-refractivity contribution in [3.05, 3.63) is 65.9 Å². The molecule has 1 aromatic carbocycles. The van der Waals surface area contributed by atoms with Gasteiger partial charge in [-0.15, -0.1) is 10.2 Å². The van der Waals surface area contributed by atoms with E-state index in [4.69, 9.17) is 0 Å². The summed E-state index contributed by atoms with van der Waals surface area (Å²) in [6, 6.07) is 8.19. The monoisotopic (exact) mass is 385 g/mol. The maximum atomic E-state index is 13.4. The molecule has 0 unspecified atom stereocenters. The van der Waals surface area contributed by atoms with E-state index in [-0.39, 0.29) is 6.04 Å². The van der Waals surface area contributed by atoms with Gasteiger partial charge in [0, 0.05) is 25.7 Å². The molecule has 0 saturated carbocycles. The zero-order chi connectivity index (χ0) is 20.6. The minimum absolute atomic E-state index is 0.0487. The number of halogens is 2. The summed E-state index contributed by atoms with van der Waals surface area (Å²) in [4.78, 5) is 6.14. The maximum absolute atomic E-state index is 13.4. The van der Waals surface area contributed by atoms with Gasteiger partial charge in [-0.25, -0.2) is 4.99 Å². The van der Waals surface area contributed by atoms with Gasteiger partial charge in [0.1, 0.15) is 5.70 Å². The van der Waals surface area contributed by atoms with Crippen LogP contribution in [0.2, 0.25) is 0 Å². The van der Waals surface area contributed by atoms with Gasteiger partial charge in [-0.3, -0.25) is 0 Å². The van der Waals surface area contributed by atoms with Gasteiger partial charge in [0.05, 0.1) is 11.8 Å². The molecule has 0 bridgehead atoms. The fourth-order valence-electron chi connectivity index (χ4n) is 3.28. The SMILES string of the molecule is C=C(c1ccc(C)cc1)N1CCn2c(/C(C)=N/C(=C)C(C)(F)F)nnc2[C@H]1C. The van der Waals surface area contributed by atoms with Crippen molar-refractivity contribution in [1.82, 2.24) is 19.7 Å². The van der Waals surface area contributed by atoms with E-state index in [0.29, 0.717) is 24.6 Å². The lowest BCUT2D eigenvalue weighted by Crippen LogP contribution is -2.36. The average molecular weight is 385 g/mol. The van der Waals surface area contributed by atoms with Crippen LogP contribution in [0.1, 0.15) is 49.6 Å². The van der Waals surface area contributed by atoms with Crippen LogP contribution >= 0.6 is 0 Å². The topological polar surface area (TPSA) is 46.3 Å². The summed E-state index contributed by atoms with van der Waals surface area (Å²) < 4.78 is 28.7. The smallest absolute Gasteiger partial charge is 0.286 e. The second-order valence-corrected chi connectivity index (χ2v) is 7.25. The van der Waals surface area contributed by atoms with Crippen molar-refractivity contribution in [2.45, 2.75) is 46.2 Å². The fraction of sp³-hybridized carbons (Fsp3) is 0.381. The first-order chi connectivity index (χ1) is 13.1. The summed E-state index contributed by atoms with van der Waals surface area (Å²) in [5, 5.41) is 8.50. The number of rotatable bonds is 5. The van der Waals surface area contributed by atoms with E-state index in [9.17, 15) is 8.78 Å². The van der Waals surface area contributed by atoms with Crippen molar-refractivity contribution < 1.29 is 8.78 Å². The molecule has 0 spiro atoms. The third-order valence-corrected chi connectivity index (χ3v) is 5.05. The average Bonchev–Trinajstić information content (AvgIpc) is 3.06. The van der Waals surface area contributed by atoms with Crippen LogP contribution < -0.4 is 0 Å². The van der Waals surface area contributed by atoms with Gasteiger partial charge in [0.2, 0.25) is 0 Å². The van der Waals surface area contributed by atoms with Gasteiger partial charge in [0.25, 0.3) is 5.92 Å². The standard InChI is InChI=1S/C21H25F2N5/c1-13-7-9-18(10-8-13)15(3)27-11-12-28-19(25-26-20(28)16(27)4)14(2)24-17(5)21(6,22)23/h7-10,16H,3,5,11-12H2,1-2,4,6H3/b24-14+/t16-/m1/s1. The van der Waals surface area contributed by atoms with E-state index in [1.807, 2.05) is 18.4 Å². The molecule has 0 saturated heterocycles. The van der Waals surface area contributed by atoms with Crippen molar-refractivity contribution in [1.29, 1.82) is 0 Å². The summed E-state index contributed by atoms with van der Waals surface area (Å²) in [5.74, 6) is -1.81. The predicted molar refractivity (Wildman–Crippen MR) is 107 cm³/mol. The van der Waals surface area contributed by atoms with Crippen LogP contribution in [0.4, 0.5) is 8.78 Å². The van der Waals surface area contributed by atoms with Crippen LogP contribution in [0.5, 0.6) is 0 Å². The summed E-state index contributed by atoms with van der Waals surface area (Å²) in [5.41, 5.74) is 3.07. The van der Waals surface area contributed by atoms with Gasteiger partial charge in [-0.2, -0.15) is 8.78 Å². The van der Waals surface area contributed by atoms with Gasteiger partial charge in [-0.05, 0) is 26.3 Å². The molecule has 3 rings (SSSR count). The Labute approximate surface area is 164 Å². The van der Waals surface area contributed by atoms with Gasteiger partial charge in [-0.1, -0.05) is 43.0 Å². The number of nitrogens with zero attached hydrogens (tertiary/aromatic N) is 5. The summed E-state index contributed by atoms with van der Waals surface area (Å²) in [6.07, 6.45) is 0. The second-order valence-electron chi connectivity index (χ2n) is 7.25. The number of hydrogen-bond acceptors (Lipinski definition) is 4. The van der Waals surface area contributed by atoms with E-state index in [2.05, 4.69) is 57.5 Å². The third-order valence-electron chi connectivity index (χ3n) is 5.05. The molecular formula is C21H25F2N5. The Morgan fingerprint density at radius 3 is 2.43 bits per heavy atom. The first-order valence-electron chi connectivity index (χ1n) is 9.18. The predicted octanol–water partition coefficient (Wildman–Crippen LogP) is 4.61. The molecule has 7 heteroatoms. The quantitative estimate of drug-likeness (QED) is 0.706. The van der Waals surface area contributed by atoms with Gasteiger partial charge >= 0.3 is 0 Å². The minimum atomic E-state index is -3.07. The molecule has 5 nitrogen and oxygen atoms in total. The number of allylic oxidation sites excluding steroid dienone is 1. The van der Waals surface area contributed by atoms with Gasteiger partial charge < -0.3 is 9.47 Å². The molecule has 2 aromatic rings. The van der Waals surface area contributed by atoms with Crippen LogP contribution in [-0.2, 0) is 6.54 Å². The number of aliphatic imine (C=N–C) groups is 1. The Bertz CT molecular complexity index is 935. The number of benzene rings is 1. The van der Waals surface area contributed by atoms with Crippen molar-refractivity contribution in [3.8, 4) is 0 Å². The van der Waals surface area contributed by atoms with E-state index < -0.39 is 11.6 Å². The molecule has 2 heterocycles. The molecular weight excluding hydrogens is 360 g/mol. The summed E-state index contributed by atoms with van der Waals surface area (Å²) >= 11 is 0. The molecule has 0 amide bonds. The van der Waals surface area contributed by atoms with Crippen LogP contribution in [-0.4, -0.2) is 37.8 Å². The van der Waals surface area contributed by atoms with E-state index >= 15 is 0 Å². The number of aryl methyl sites for hydroxylation is 1. The molecule has 0 N–H and O–H groups in total. The van der Waals surface area contributed by atoms with Crippen LogP contribution in [0.15, 0.2) is 48.1 Å². The van der Waals surface area contributed by atoms with Crippen LogP contribution in [0.3, 0.4) is 0 Å². The van der Waals surface area contributed by atoms with Gasteiger partial charge in [0.15, 0.2) is 11.6 Å². The van der Waals surface area contributed by atoms with Crippen molar-refractivity contribution in [2.24, 2.45) is 4.99 Å². The Balaban J connectivity index is 1.86. The zero-order valence-electron chi connectivity index (χ0n) is 16.7. The molecule has 0 radical (unpaired) electrons. The minimum Gasteiger partial charge on any atom is -0.360 e. The highest BCUT2D eigenvalue weighted by Gasteiger charge is 2.31. The molecule has 28 heavy (non-hydrogen) atoms. The Hall–Kier alpha value is -2.83. The maximum Gasteiger partial charge on any atom is 0.286 e.